The molecular formula is C18H23FN2O2. The van der Waals surface area contributed by atoms with Crippen molar-refractivity contribution in [2.24, 2.45) is 5.92 Å². The fourth-order valence-electron chi connectivity index (χ4n) is 3.50. The Bertz CT molecular complexity index is 565. The van der Waals surface area contributed by atoms with E-state index in [2.05, 4.69) is 5.32 Å². The van der Waals surface area contributed by atoms with E-state index >= 15 is 0 Å². The lowest BCUT2D eigenvalue weighted by Crippen LogP contribution is -2.39. The second-order valence-electron chi connectivity index (χ2n) is 6.58. The van der Waals surface area contributed by atoms with E-state index in [0.29, 0.717) is 12.2 Å². The summed E-state index contributed by atoms with van der Waals surface area (Å²) in [6.07, 6.45) is 7.11. The van der Waals surface area contributed by atoms with Crippen molar-refractivity contribution in [1.82, 2.24) is 5.32 Å². The van der Waals surface area contributed by atoms with Gasteiger partial charge in [-0.05, 0) is 37.1 Å². The molecule has 1 aliphatic heterocycles. The maximum Gasteiger partial charge on any atom is 0.227 e. The number of benzene rings is 1. The standard InChI is InChI=1S/C18H23FN2O2/c19-14-7-9-16(10-8-14)21-12-13(11-17(21)22)18(23)20-15-5-3-1-2-4-6-15/h7-10,13,15H,1-6,11-12H2,(H,20,23). The molecule has 1 unspecified atom stereocenters. The minimum absolute atomic E-state index is 0.0186. The van der Waals surface area contributed by atoms with Crippen LogP contribution < -0.4 is 10.2 Å². The lowest BCUT2D eigenvalue weighted by molar-refractivity contribution is -0.127. The molecule has 1 atom stereocenters. The predicted octanol–water partition coefficient (Wildman–Crippen LogP) is 3.02. The third kappa shape index (κ3) is 3.89. The maximum absolute atomic E-state index is 13.0. The van der Waals surface area contributed by atoms with Gasteiger partial charge in [-0.2, -0.15) is 0 Å². The minimum atomic E-state index is -0.331. The Labute approximate surface area is 136 Å². The van der Waals surface area contributed by atoms with Crippen LogP contribution in [-0.2, 0) is 9.59 Å². The zero-order valence-corrected chi connectivity index (χ0v) is 13.3. The van der Waals surface area contributed by atoms with Crippen molar-refractivity contribution in [3.63, 3.8) is 0 Å². The highest BCUT2D eigenvalue weighted by molar-refractivity contribution is 6.00. The monoisotopic (exact) mass is 318 g/mol. The van der Waals surface area contributed by atoms with Crippen LogP contribution in [0.4, 0.5) is 10.1 Å². The van der Waals surface area contributed by atoms with Crippen LogP contribution in [0.15, 0.2) is 24.3 Å². The van der Waals surface area contributed by atoms with E-state index in [1.165, 1.54) is 25.0 Å². The van der Waals surface area contributed by atoms with Crippen molar-refractivity contribution in [2.75, 3.05) is 11.4 Å². The van der Waals surface area contributed by atoms with Crippen molar-refractivity contribution in [1.29, 1.82) is 0 Å². The van der Waals surface area contributed by atoms with Gasteiger partial charge < -0.3 is 10.2 Å². The highest BCUT2D eigenvalue weighted by Gasteiger charge is 2.35. The van der Waals surface area contributed by atoms with Crippen LogP contribution in [0.3, 0.4) is 0 Å². The van der Waals surface area contributed by atoms with Crippen LogP contribution in [0.25, 0.3) is 0 Å². The third-order valence-corrected chi connectivity index (χ3v) is 4.84. The summed E-state index contributed by atoms with van der Waals surface area (Å²) in [5.41, 5.74) is 0.654. The highest BCUT2D eigenvalue weighted by Crippen LogP contribution is 2.26. The number of amides is 2. The van der Waals surface area contributed by atoms with Gasteiger partial charge in [-0.25, -0.2) is 4.39 Å². The molecule has 0 aromatic heterocycles. The Kier molecular flexibility index (Phi) is 4.94. The SMILES string of the molecule is O=C(NC1CCCCCC1)C1CC(=O)N(c2ccc(F)cc2)C1. The van der Waals surface area contributed by atoms with Crippen molar-refractivity contribution in [3.8, 4) is 0 Å². The molecule has 1 aromatic rings. The number of carbonyl (C=O) groups excluding carboxylic acids is 2. The molecule has 4 nitrogen and oxygen atoms in total. The maximum atomic E-state index is 13.0. The van der Waals surface area contributed by atoms with Crippen molar-refractivity contribution in [2.45, 2.75) is 51.0 Å². The molecule has 1 aromatic carbocycles. The van der Waals surface area contributed by atoms with E-state index in [4.69, 9.17) is 0 Å². The van der Waals surface area contributed by atoms with Gasteiger partial charge in [-0.1, -0.05) is 25.7 Å². The molecule has 5 heteroatoms. The summed E-state index contributed by atoms with van der Waals surface area (Å²) in [7, 11) is 0. The van der Waals surface area contributed by atoms with Crippen molar-refractivity contribution < 1.29 is 14.0 Å². The number of rotatable bonds is 3. The molecule has 2 fully saturated rings. The second-order valence-corrected chi connectivity index (χ2v) is 6.58. The van der Waals surface area contributed by atoms with Crippen molar-refractivity contribution >= 4 is 17.5 Å². The first-order valence-corrected chi connectivity index (χ1v) is 8.50. The van der Waals surface area contributed by atoms with Crippen LogP contribution >= 0.6 is 0 Å². The molecule has 0 spiro atoms. The summed E-state index contributed by atoms with van der Waals surface area (Å²) >= 11 is 0. The first-order valence-electron chi connectivity index (χ1n) is 8.50. The summed E-state index contributed by atoms with van der Waals surface area (Å²) in [5, 5.41) is 3.12. The molecule has 124 valence electrons. The van der Waals surface area contributed by atoms with Gasteiger partial charge in [-0.3, -0.25) is 9.59 Å². The van der Waals surface area contributed by atoms with Gasteiger partial charge in [0.25, 0.3) is 0 Å². The van der Waals surface area contributed by atoms with Gasteiger partial charge in [0.2, 0.25) is 11.8 Å². The van der Waals surface area contributed by atoms with Gasteiger partial charge in [0, 0.05) is 24.7 Å². The van der Waals surface area contributed by atoms with E-state index in [-0.39, 0.29) is 36.0 Å². The largest absolute Gasteiger partial charge is 0.353 e. The number of nitrogens with one attached hydrogen (secondary N) is 1. The second kappa shape index (κ2) is 7.11. The molecule has 0 radical (unpaired) electrons. The molecule has 3 rings (SSSR count). The van der Waals surface area contributed by atoms with Crippen LogP contribution in [-0.4, -0.2) is 24.4 Å². The van der Waals surface area contributed by atoms with Gasteiger partial charge in [-0.15, -0.1) is 0 Å². The average molecular weight is 318 g/mol. The quantitative estimate of drug-likeness (QED) is 0.871. The molecule has 1 heterocycles. The third-order valence-electron chi connectivity index (χ3n) is 4.84. The summed E-state index contributed by atoms with van der Waals surface area (Å²) in [6, 6.07) is 6.08. The Hall–Kier alpha value is -1.91. The molecule has 1 saturated carbocycles. The predicted molar refractivity (Wildman–Crippen MR) is 86.5 cm³/mol. The fourth-order valence-corrected chi connectivity index (χ4v) is 3.50. The lowest BCUT2D eigenvalue weighted by atomic mass is 10.0. The lowest BCUT2D eigenvalue weighted by Gasteiger charge is -2.20. The Morgan fingerprint density at radius 3 is 2.39 bits per heavy atom. The number of halogens is 1. The summed E-state index contributed by atoms with van der Waals surface area (Å²) in [6.45, 7) is 0.378. The van der Waals surface area contributed by atoms with Crippen LogP contribution in [0.1, 0.15) is 44.9 Å². The highest BCUT2D eigenvalue weighted by atomic mass is 19.1. The Morgan fingerprint density at radius 1 is 1.09 bits per heavy atom. The fraction of sp³-hybridized carbons (Fsp3) is 0.556. The molecule has 1 N–H and O–H groups in total. The van der Waals surface area contributed by atoms with Crippen molar-refractivity contribution in [3.05, 3.63) is 30.1 Å². The summed E-state index contributed by atoms with van der Waals surface area (Å²) < 4.78 is 13.0. The molecule has 1 aliphatic carbocycles. The van der Waals surface area contributed by atoms with E-state index in [9.17, 15) is 14.0 Å². The van der Waals surface area contributed by atoms with Gasteiger partial charge in [0.1, 0.15) is 5.82 Å². The zero-order valence-electron chi connectivity index (χ0n) is 13.3. The molecule has 2 aliphatic rings. The van der Waals surface area contributed by atoms with E-state index in [0.717, 1.165) is 25.7 Å². The molecule has 23 heavy (non-hydrogen) atoms. The minimum Gasteiger partial charge on any atom is -0.353 e. The summed E-state index contributed by atoms with van der Waals surface area (Å²) in [4.78, 5) is 26.2. The first-order chi connectivity index (χ1) is 11.1. The zero-order chi connectivity index (χ0) is 16.2. The van der Waals surface area contributed by atoms with Gasteiger partial charge in [0.15, 0.2) is 0 Å². The smallest absolute Gasteiger partial charge is 0.227 e. The molecule has 1 saturated heterocycles. The Morgan fingerprint density at radius 2 is 1.74 bits per heavy atom. The summed E-state index contributed by atoms with van der Waals surface area (Å²) in [5.74, 6) is -0.730. The average Bonchev–Trinajstić information content (AvgIpc) is 2.76. The Balaban J connectivity index is 1.60. The first kappa shape index (κ1) is 16.0. The van der Waals surface area contributed by atoms with Crippen LogP contribution in [0.2, 0.25) is 0 Å². The van der Waals surface area contributed by atoms with E-state index < -0.39 is 0 Å². The van der Waals surface area contributed by atoms with Gasteiger partial charge >= 0.3 is 0 Å². The van der Waals surface area contributed by atoms with E-state index in [1.54, 1.807) is 17.0 Å². The van der Waals surface area contributed by atoms with E-state index in [1.807, 2.05) is 0 Å². The normalized spacial score (nSPS) is 22.9. The van der Waals surface area contributed by atoms with Crippen LogP contribution in [0.5, 0.6) is 0 Å². The number of hydrogen-bond acceptors (Lipinski definition) is 2. The number of anilines is 1. The topological polar surface area (TPSA) is 49.4 Å². The molecular weight excluding hydrogens is 295 g/mol. The molecule has 0 bridgehead atoms. The number of nitrogens with zero attached hydrogens (tertiary/aromatic N) is 1. The number of carbonyl (C=O) groups is 2. The van der Waals surface area contributed by atoms with Gasteiger partial charge in [0.05, 0.1) is 5.92 Å². The van der Waals surface area contributed by atoms with Crippen LogP contribution in [0, 0.1) is 11.7 Å². The molecule has 2 amide bonds. The number of hydrogen-bond donors (Lipinski definition) is 1.